The quantitative estimate of drug-likeness (QED) is 0.861. The largest absolute Gasteiger partial charge is 0.473 e. The summed E-state index contributed by atoms with van der Waals surface area (Å²) in [5, 5.41) is 3.28. The molecule has 4 nitrogen and oxygen atoms in total. The molecule has 1 aromatic heterocycles. The van der Waals surface area contributed by atoms with Crippen LogP contribution in [0.2, 0.25) is 0 Å². The Balaban J connectivity index is 1.88. The molecule has 0 amide bonds. The second-order valence-electron chi connectivity index (χ2n) is 5.25. The van der Waals surface area contributed by atoms with Crippen molar-refractivity contribution in [2.24, 2.45) is 0 Å². The van der Waals surface area contributed by atoms with Gasteiger partial charge in [-0.3, -0.25) is 4.90 Å². The Hall–Kier alpha value is -1.13. The van der Waals surface area contributed by atoms with Crippen molar-refractivity contribution < 1.29 is 4.74 Å². The first-order chi connectivity index (χ1) is 8.65. The van der Waals surface area contributed by atoms with Crippen molar-refractivity contribution in [3.05, 3.63) is 23.9 Å². The summed E-state index contributed by atoms with van der Waals surface area (Å²) in [5.41, 5.74) is 1.23. The Morgan fingerprint density at radius 2 is 2.33 bits per heavy atom. The van der Waals surface area contributed by atoms with Crippen LogP contribution in [-0.2, 0) is 6.54 Å². The third kappa shape index (κ3) is 3.68. The second kappa shape index (κ2) is 6.16. The van der Waals surface area contributed by atoms with Gasteiger partial charge in [0, 0.05) is 31.4 Å². The molecule has 1 N–H and O–H groups in total. The molecule has 2 heterocycles. The van der Waals surface area contributed by atoms with Crippen LogP contribution < -0.4 is 10.1 Å². The minimum Gasteiger partial charge on any atom is -0.473 e. The monoisotopic (exact) mass is 249 g/mol. The van der Waals surface area contributed by atoms with E-state index in [9.17, 15) is 0 Å². The smallest absolute Gasteiger partial charge is 0.213 e. The molecule has 0 aromatic carbocycles. The lowest BCUT2D eigenvalue weighted by Crippen LogP contribution is -2.25. The molecule has 1 atom stereocenters. The Morgan fingerprint density at radius 3 is 2.89 bits per heavy atom. The molecule has 1 unspecified atom stereocenters. The van der Waals surface area contributed by atoms with Crippen LogP contribution in [-0.4, -0.2) is 42.2 Å². The standard InChI is InChI=1S/C14H23N3O/c1-11(2)17(3)10-12-4-5-14(16-8-12)18-13-6-7-15-9-13/h4-5,8,11,13,15H,6-7,9-10H2,1-3H3. The van der Waals surface area contributed by atoms with Crippen LogP contribution in [0.25, 0.3) is 0 Å². The van der Waals surface area contributed by atoms with Gasteiger partial charge < -0.3 is 10.1 Å². The Kier molecular flexibility index (Phi) is 4.55. The summed E-state index contributed by atoms with van der Waals surface area (Å²) in [7, 11) is 2.12. The Bertz CT molecular complexity index is 335. The van der Waals surface area contributed by atoms with Gasteiger partial charge in [0.15, 0.2) is 0 Å². The molecule has 1 saturated heterocycles. The molecular weight excluding hydrogens is 226 g/mol. The van der Waals surface area contributed by atoms with Gasteiger partial charge in [-0.2, -0.15) is 0 Å². The van der Waals surface area contributed by atoms with E-state index in [0.717, 1.165) is 31.9 Å². The molecule has 0 spiro atoms. The SMILES string of the molecule is CC(C)N(C)Cc1ccc(OC2CCNC2)nc1. The number of hydrogen-bond acceptors (Lipinski definition) is 4. The molecule has 0 radical (unpaired) electrons. The van der Waals surface area contributed by atoms with Crippen molar-refractivity contribution in [1.82, 2.24) is 15.2 Å². The predicted molar refractivity (Wildman–Crippen MR) is 72.7 cm³/mol. The van der Waals surface area contributed by atoms with Crippen LogP contribution in [0.4, 0.5) is 0 Å². The van der Waals surface area contributed by atoms with Crippen LogP contribution in [0.15, 0.2) is 18.3 Å². The third-order valence-electron chi connectivity index (χ3n) is 3.41. The summed E-state index contributed by atoms with van der Waals surface area (Å²) < 4.78 is 5.80. The van der Waals surface area contributed by atoms with Crippen LogP contribution in [0.3, 0.4) is 0 Å². The number of aromatic nitrogens is 1. The molecule has 2 rings (SSSR count). The lowest BCUT2D eigenvalue weighted by atomic mass is 10.2. The van der Waals surface area contributed by atoms with E-state index < -0.39 is 0 Å². The zero-order valence-electron chi connectivity index (χ0n) is 11.5. The molecule has 0 bridgehead atoms. The Morgan fingerprint density at radius 1 is 1.50 bits per heavy atom. The van der Waals surface area contributed by atoms with Gasteiger partial charge in [-0.25, -0.2) is 4.98 Å². The minimum absolute atomic E-state index is 0.279. The van der Waals surface area contributed by atoms with E-state index >= 15 is 0 Å². The number of ether oxygens (including phenoxy) is 1. The third-order valence-corrected chi connectivity index (χ3v) is 3.41. The first-order valence-corrected chi connectivity index (χ1v) is 6.67. The van der Waals surface area contributed by atoms with Gasteiger partial charge in [0.1, 0.15) is 6.10 Å². The summed E-state index contributed by atoms with van der Waals surface area (Å²) in [5.74, 6) is 0.736. The highest BCUT2D eigenvalue weighted by Gasteiger charge is 2.16. The summed E-state index contributed by atoms with van der Waals surface area (Å²) in [6.45, 7) is 7.29. The highest BCUT2D eigenvalue weighted by atomic mass is 16.5. The van der Waals surface area contributed by atoms with Crippen LogP contribution in [0, 0.1) is 0 Å². The van der Waals surface area contributed by atoms with Crippen molar-refractivity contribution >= 4 is 0 Å². The van der Waals surface area contributed by atoms with E-state index in [2.05, 4.69) is 42.2 Å². The lowest BCUT2D eigenvalue weighted by Gasteiger charge is -2.20. The van der Waals surface area contributed by atoms with E-state index in [0.29, 0.717) is 6.04 Å². The molecule has 1 aromatic rings. The molecule has 1 aliphatic heterocycles. The maximum absolute atomic E-state index is 5.80. The minimum atomic E-state index is 0.279. The van der Waals surface area contributed by atoms with E-state index in [4.69, 9.17) is 4.74 Å². The molecular formula is C14H23N3O. The van der Waals surface area contributed by atoms with E-state index in [1.165, 1.54) is 5.56 Å². The predicted octanol–water partition coefficient (Wildman–Crippen LogP) is 1.66. The summed E-state index contributed by atoms with van der Waals surface area (Å²) in [6, 6.07) is 4.62. The van der Waals surface area contributed by atoms with Crippen LogP contribution >= 0.6 is 0 Å². The normalized spacial score (nSPS) is 19.7. The Labute approximate surface area is 109 Å². The number of hydrogen-bond donors (Lipinski definition) is 1. The molecule has 18 heavy (non-hydrogen) atoms. The van der Waals surface area contributed by atoms with Crippen LogP contribution in [0.5, 0.6) is 5.88 Å². The van der Waals surface area contributed by atoms with Gasteiger partial charge >= 0.3 is 0 Å². The molecule has 0 saturated carbocycles. The average molecular weight is 249 g/mol. The number of nitrogens with zero attached hydrogens (tertiary/aromatic N) is 2. The fraction of sp³-hybridized carbons (Fsp3) is 0.643. The fourth-order valence-corrected chi connectivity index (χ4v) is 1.94. The van der Waals surface area contributed by atoms with E-state index in [1.54, 1.807) is 0 Å². The van der Waals surface area contributed by atoms with Gasteiger partial charge in [-0.05, 0) is 39.4 Å². The first kappa shape index (κ1) is 13.3. The molecule has 1 aliphatic rings. The molecule has 4 heteroatoms. The van der Waals surface area contributed by atoms with Gasteiger partial charge in [-0.1, -0.05) is 6.07 Å². The average Bonchev–Trinajstić information content (AvgIpc) is 2.84. The maximum Gasteiger partial charge on any atom is 0.213 e. The van der Waals surface area contributed by atoms with Crippen molar-refractivity contribution in [2.45, 2.75) is 39.0 Å². The molecule has 100 valence electrons. The van der Waals surface area contributed by atoms with Gasteiger partial charge in [0.2, 0.25) is 5.88 Å². The maximum atomic E-state index is 5.80. The zero-order valence-corrected chi connectivity index (χ0v) is 11.5. The number of nitrogens with one attached hydrogen (secondary N) is 1. The number of pyridine rings is 1. The highest BCUT2D eigenvalue weighted by Crippen LogP contribution is 2.14. The number of rotatable bonds is 5. The molecule has 0 aliphatic carbocycles. The summed E-state index contributed by atoms with van der Waals surface area (Å²) >= 11 is 0. The van der Waals surface area contributed by atoms with Crippen molar-refractivity contribution in [3.63, 3.8) is 0 Å². The van der Waals surface area contributed by atoms with Crippen molar-refractivity contribution in [2.75, 3.05) is 20.1 Å². The van der Waals surface area contributed by atoms with E-state index in [1.807, 2.05) is 12.3 Å². The van der Waals surface area contributed by atoms with Crippen molar-refractivity contribution in [3.8, 4) is 5.88 Å². The van der Waals surface area contributed by atoms with Gasteiger partial charge in [0.05, 0.1) is 0 Å². The van der Waals surface area contributed by atoms with E-state index in [-0.39, 0.29) is 6.10 Å². The van der Waals surface area contributed by atoms with Crippen LogP contribution in [0.1, 0.15) is 25.8 Å². The van der Waals surface area contributed by atoms with Crippen molar-refractivity contribution in [1.29, 1.82) is 0 Å². The summed E-state index contributed by atoms with van der Waals surface area (Å²) in [4.78, 5) is 6.67. The fourth-order valence-electron chi connectivity index (χ4n) is 1.94. The second-order valence-corrected chi connectivity index (χ2v) is 5.25. The van der Waals surface area contributed by atoms with Gasteiger partial charge in [0.25, 0.3) is 0 Å². The molecule has 1 fully saturated rings. The zero-order chi connectivity index (χ0) is 13.0. The topological polar surface area (TPSA) is 37.4 Å². The van der Waals surface area contributed by atoms with Gasteiger partial charge in [-0.15, -0.1) is 0 Å². The highest BCUT2D eigenvalue weighted by molar-refractivity contribution is 5.18. The lowest BCUT2D eigenvalue weighted by molar-refractivity contribution is 0.213. The first-order valence-electron chi connectivity index (χ1n) is 6.67. The summed E-state index contributed by atoms with van der Waals surface area (Å²) in [6.07, 6.45) is 3.26.